The van der Waals surface area contributed by atoms with Gasteiger partial charge in [-0.25, -0.2) is 13.2 Å². The van der Waals surface area contributed by atoms with Gasteiger partial charge in [0.05, 0.1) is 5.56 Å². The Morgan fingerprint density at radius 2 is 2.11 bits per heavy atom. The van der Waals surface area contributed by atoms with Crippen LogP contribution in [0.4, 0.5) is 13.2 Å². The molecular weight excluding hydrogens is 243 g/mol. The minimum absolute atomic E-state index is 0.0399. The molecule has 0 heterocycles. The van der Waals surface area contributed by atoms with Crippen LogP contribution in [-0.4, -0.2) is 18.4 Å². The maximum absolute atomic E-state index is 13.6. The van der Waals surface area contributed by atoms with Crippen molar-refractivity contribution in [1.29, 1.82) is 0 Å². The fourth-order valence-electron chi connectivity index (χ4n) is 2.10. The van der Waals surface area contributed by atoms with Crippen LogP contribution in [0.5, 0.6) is 0 Å². The first-order valence-electron chi connectivity index (χ1n) is 5.68. The number of nitrogens with one attached hydrogen (secondary N) is 1. The SMILES string of the molecule is [CH2]CNC1CC1C(=O)c1c(F)cc(F)c(F)c1C. The normalized spacial score (nSPS) is 22.1. The van der Waals surface area contributed by atoms with E-state index in [-0.39, 0.29) is 23.1 Å². The summed E-state index contributed by atoms with van der Waals surface area (Å²) < 4.78 is 39.9. The van der Waals surface area contributed by atoms with Crippen LogP contribution < -0.4 is 5.32 Å². The molecule has 1 aromatic rings. The second-order valence-corrected chi connectivity index (χ2v) is 4.42. The third-order valence-electron chi connectivity index (χ3n) is 3.19. The van der Waals surface area contributed by atoms with Crippen LogP contribution in [0.15, 0.2) is 6.07 Å². The van der Waals surface area contributed by atoms with Crippen molar-refractivity contribution >= 4 is 5.78 Å². The molecule has 1 aliphatic carbocycles. The average Bonchev–Trinajstić information content (AvgIpc) is 3.06. The molecule has 5 heteroatoms. The van der Waals surface area contributed by atoms with Gasteiger partial charge < -0.3 is 5.32 Å². The number of halogens is 3. The van der Waals surface area contributed by atoms with Crippen LogP contribution in [0.2, 0.25) is 0 Å². The average molecular weight is 256 g/mol. The number of carbonyl (C=O) groups is 1. The number of hydrogen-bond acceptors (Lipinski definition) is 2. The predicted molar refractivity (Wildman–Crippen MR) is 60.6 cm³/mol. The Morgan fingerprint density at radius 1 is 1.44 bits per heavy atom. The van der Waals surface area contributed by atoms with E-state index in [0.717, 1.165) is 0 Å². The molecule has 0 spiro atoms. The van der Waals surface area contributed by atoms with Gasteiger partial charge in [-0.1, -0.05) is 0 Å². The molecular formula is C13H13F3NO. The first kappa shape index (κ1) is 13.1. The van der Waals surface area contributed by atoms with Crippen molar-refractivity contribution in [3.8, 4) is 0 Å². The number of carbonyl (C=O) groups excluding carboxylic acids is 1. The predicted octanol–water partition coefficient (Wildman–Crippen LogP) is 2.41. The van der Waals surface area contributed by atoms with Gasteiger partial charge in [-0.05, 0) is 26.8 Å². The summed E-state index contributed by atoms with van der Waals surface area (Å²) >= 11 is 0. The van der Waals surface area contributed by atoms with Gasteiger partial charge in [-0.2, -0.15) is 0 Å². The summed E-state index contributed by atoms with van der Waals surface area (Å²) in [4.78, 5) is 12.0. The van der Waals surface area contributed by atoms with Crippen LogP contribution in [0.1, 0.15) is 22.3 Å². The maximum Gasteiger partial charge on any atom is 0.170 e. The molecule has 2 atom stereocenters. The highest BCUT2D eigenvalue weighted by molar-refractivity contribution is 6.01. The zero-order chi connectivity index (χ0) is 13.4. The summed E-state index contributed by atoms with van der Waals surface area (Å²) in [6.07, 6.45) is 0.576. The topological polar surface area (TPSA) is 29.1 Å². The van der Waals surface area contributed by atoms with Gasteiger partial charge in [0.1, 0.15) is 5.82 Å². The molecule has 0 aliphatic heterocycles. The molecule has 0 saturated heterocycles. The van der Waals surface area contributed by atoms with E-state index in [1.165, 1.54) is 6.92 Å². The van der Waals surface area contributed by atoms with Crippen LogP contribution >= 0.6 is 0 Å². The van der Waals surface area contributed by atoms with Crippen LogP contribution in [0, 0.1) is 37.2 Å². The molecule has 1 radical (unpaired) electrons. The molecule has 1 saturated carbocycles. The molecule has 2 nitrogen and oxygen atoms in total. The Labute approximate surface area is 103 Å². The van der Waals surface area contributed by atoms with Crippen molar-refractivity contribution in [2.45, 2.75) is 19.4 Å². The Bertz CT molecular complexity index is 501. The third-order valence-corrected chi connectivity index (χ3v) is 3.19. The quantitative estimate of drug-likeness (QED) is 0.662. The molecule has 2 rings (SSSR count). The first-order valence-corrected chi connectivity index (χ1v) is 5.68. The fraction of sp³-hybridized carbons (Fsp3) is 0.385. The van der Waals surface area contributed by atoms with Crippen molar-refractivity contribution in [2.75, 3.05) is 6.54 Å². The van der Waals surface area contributed by atoms with Gasteiger partial charge in [0.25, 0.3) is 0 Å². The van der Waals surface area contributed by atoms with E-state index in [2.05, 4.69) is 12.2 Å². The van der Waals surface area contributed by atoms with E-state index in [1.807, 2.05) is 0 Å². The van der Waals surface area contributed by atoms with Gasteiger partial charge in [0.2, 0.25) is 0 Å². The van der Waals surface area contributed by atoms with E-state index < -0.39 is 23.2 Å². The maximum atomic E-state index is 13.6. The molecule has 2 unspecified atom stereocenters. The molecule has 0 amide bonds. The van der Waals surface area contributed by atoms with Crippen molar-refractivity contribution < 1.29 is 18.0 Å². The number of benzene rings is 1. The Morgan fingerprint density at radius 3 is 2.72 bits per heavy atom. The summed E-state index contributed by atoms with van der Waals surface area (Å²) in [5, 5.41) is 2.96. The molecule has 1 fully saturated rings. The summed E-state index contributed by atoms with van der Waals surface area (Å²) in [5.41, 5.74) is -0.606. The second kappa shape index (κ2) is 4.72. The van der Waals surface area contributed by atoms with Gasteiger partial charge in [-0.15, -0.1) is 0 Å². The molecule has 1 aromatic carbocycles. The lowest BCUT2D eigenvalue weighted by Gasteiger charge is -2.08. The summed E-state index contributed by atoms with van der Waals surface area (Å²) in [5.74, 6) is -4.29. The minimum atomic E-state index is -1.27. The molecule has 97 valence electrons. The van der Waals surface area contributed by atoms with Crippen molar-refractivity contribution in [3.05, 3.63) is 41.6 Å². The Balaban J connectivity index is 2.30. The molecule has 1 N–H and O–H groups in total. The van der Waals surface area contributed by atoms with Gasteiger partial charge in [-0.3, -0.25) is 4.79 Å². The minimum Gasteiger partial charge on any atom is -0.313 e. The smallest absolute Gasteiger partial charge is 0.170 e. The van der Waals surface area contributed by atoms with Crippen molar-refractivity contribution in [2.24, 2.45) is 5.92 Å². The van der Waals surface area contributed by atoms with E-state index in [9.17, 15) is 18.0 Å². The third kappa shape index (κ3) is 2.14. The highest BCUT2D eigenvalue weighted by Gasteiger charge is 2.44. The molecule has 0 bridgehead atoms. The fourth-order valence-corrected chi connectivity index (χ4v) is 2.10. The standard InChI is InChI=1S/C13H13F3NO/c1-3-17-10-4-7(10)13(18)11-6(2)12(16)9(15)5-8(11)14/h5,7,10,17H,1,3-4H2,2H3. The lowest BCUT2D eigenvalue weighted by Crippen LogP contribution is -2.21. The van der Waals surface area contributed by atoms with Gasteiger partial charge in [0, 0.05) is 23.6 Å². The first-order chi connectivity index (χ1) is 8.47. The van der Waals surface area contributed by atoms with Crippen molar-refractivity contribution in [3.63, 3.8) is 0 Å². The highest BCUT2D eigenvalue weighted by atomic mass is 19.2. The number of ketones is 1. The van der Waals surface area contributed by atoms with E-state index in [4.69, 9.17) is 0 Å². The van der Waals surface area contributed by atoms with Gasteiger partial charge >= 0.3 is 0 Å². The van der Waals surface area contributed by atoms with Crippen molar-refractivity contribution in [1.82, 2.24) is 5.32 Å². The van der Waals surface area contributed by atoms with E-state index in [1.54, 1.807) is 0 Å². The van der Waals surface area contributed by atoms with Gasteiger partial charge in [0.15, 0.2) is 17.4 Å². The molecule has 18 heavy (non-hydrogen) atoms. The lowest BCUT2D eigenvalue weighted by molar-refractivity contribution is 0.0958. The summed E-state index contributed by atoms with van der Waals surface area (Å²) in [6.45, 7) is 5.26. The van der Waals surface area contributed by atoms with Crippen LogP contribution in [0.25, 0.3) is 0 Å². The Kier molecular flexibility index (Phi) is 3.43. The number of rotatable bonds is 4. The van der Waals surface area contributed by atoms with Crippen LogP contribution in [-0.2, 0) is 0 Å². The largest absolute Gasteiger partial charge is 0.313 e. The monoisotopic (exact) mass is 256 g/mol. The lowest BCUT2D eigenvalue weighted by atomic mass is 10.00. The van der Waals surface area contributed by atoms with E-state index in [0.29, 0.717) is 19.0 Å². The zero-order valence-corrected chi connectivity index (χ0v) is 9.90. The zero-order valence-electron chi connectivity index (χ0n) is 9.90. The number of hydrogen-bond donors (Lipinski definition) is 1. The van der Waals surface area contributed by atoms with Crippen LogP contribution in [0.3, 0.4) is 0 Å². The number of Topliss-reactive ketones (excluding diaryl/α,β-unsaturated/α-hetero) is 1. The highest BCUT2D eigenvalue weighted by Crippen LogP contribution is 2.35. The Hall–Kier alpha value is -1.36. The molecule has 0 aromatic heterocycles. The molecule has 1 aliphatic rings. The van der Waals surface area contributed by atoms with E-state index >= 15 is 0 Å². The summed E-state index contributed by atoms with van der Waals surface area (Å²) in [6, 6.07) is 0.379. The summed E-state index contributed by atoms with van der Waals surface area (Å²) in [7, 11) is 0. The second-order valence-electron chi connectivity index (χ2n) is 4.42.